The normalized spacial score (nSPS) is 10.6. The number of anilines is 3. The topological polar surface area (TPSA) is 75.9 Å². The van der Waals surface area contributed by atoms with Crippen LogP contribution in [0.5, 0.6) is 0 Å². The Bertz CT molecular complexity index is 810. The second-order valence-electron chi connectivity index (χ2n) is 4.77. The van der Waals surface area contributed by atoms with E-state index in [0.29, 0.717) is 18.4 Å². The zero-order valence-corrected chi connectivity index (χ0v) is 15.1. The zero-order valence-electron chi connectivity index (χ0n) is 12.2. The minimum Gasteiger partial charge on any atom is -0.467 e. The van der Waals surface area contributed by atoms with Crippen LogP contribution < -0.4 is 10.6 Å². The van der Waals surface area contributed by atoms with Gasteiger partial charge in [-0.2, -0.15) is 15.0 Å². The molecule has 0 atom stereocenters. The van der Waals surface area contributed by atoms with Crippen LogP contribution in [-0.2, 0) is 6.54 Å². The highest BCUT2D eigenvalue weighted by Crippen LogP contribution is 2.21. The first kappa shape index (κ1) is 16.0. The molecule has 0 aliphatic rings. The predicted octanol–water partition coefficient (Wildman–Crippen LogP) is 4.39. The van der Waals surface area contributed by atoms with Crippen molar-refractivity contribution < 1.29 is 4.42 Å². The third-order valence-electron chi connectivity index (χ3n) is 3.04. The van der Waals surface area contributed by atoms with Gasteiger partial charge in [-0.1, -0.05) is 0 Å². The monoisotopic (exact) mass is 441 g/mol. The Morgan fingerprint density at radius 2 is 2.00 bits per heavy atom. The van der Waals surface area contributed by atoms with Gasteiger partial charge in [0, 0.05) is 9.26 Å². The van der Waals surface area contributed by atoms with Crippen molar-refractivity contribution in [1.82, 2.24) is 15.0 Å². The fourth-order valence-corrected chi connectivity index (χ4v) is 2.76. The van der Waals surface area contributed by atoms with E-state index in [1.165, 1.54) is 3.57 Å². The summed E-state index contributed by atoms with van der Waals surface area (Å²) < 4.78 is 6.42. The van der Waals surface area contributed by atoms with Gasteiger partial charge in [0.25, 0.3) is 0 Å². The second-order valence-corrected chi connectivity index (χ2v) is 6.35. The van der Waals surface area contributed by atoms with E-state index in [-0.39, 0.29) is 5.28 Å². The van der Waals surface area contributed by atoms with Crippen molar-refractivity contribution in [1.29, 1.82) is 0 Å². The van der Waals surface area contributed by atoms with Crippen LogP contribution in [0.25, 0.3) is 0 Å². The number of aromatic nitrogens is 3. The molecular weight excluding hydrogens is 429 g/mol. The highest BCUT2D eigenvalue weighted by atomic mass is 127. The van der Waals surface area contributed by atoms with Crippen LogP contribution in [-0.4, -0.2) is 15.0 Å². The molecule has 0 amide bonds. The van der Waals surface area contributed by atoms with Gasteiger partial charge in [-0.25, -0.2) is 0 Å². The van der Waals surface area contributed by atoms with Gasteiger partial charge in [-0.05, 0) is 77.0 Å². The molecule has 0 aliphatic heterocycles. The van der Waals surface area contributed by atoms with Crippen LogP contribution in [0.1, 0.15) is 11.3 Å². The lowest BCUT2D eigenvalue weighted by molar-refractivity contribution is 0.517. The van der Waals surface area contributed by atoms with E-state index in [2.05, 4.69) is 54.2 Å². The summed E-state index contributed by atoms with van der Waals surface area (Å²) in [6.45, 7) is 2.48. The van der Waals surface area contributed by atoms with Gasteiger partial charge in [-0.15, -0.1) is 0 Å². The van der Waals surface area contributed by atoms with Crippen LogP contribution in [0, 0.1) is 10.5 Å². The van der Waals surface area contributed by atoms with Crippen molar-refractivity contribution in [3.8, 4) is 0 Å². The van der Waals surface area contributed by atoms with Crippen molar-refractivity contribution in [3.05, 3.63) is 56.8 Å². The standard InChI is InChI=1S/C15H13ClIN5O/c1-9-7-10(17)4-5-12(9)19-15-21-13(16)20-14(22-15)18-8-11-3-2-6-23-11/h2-7H,8H2,1H3,(H2,18,19,20,21,22). The van der Waals surface area contributed by atoms with E-state index in [1.54, 1.807) is 6.26 Å². The fraction of sp³-hybridized carbons (Fsp3) is 0.133. The minimum atomic E-state index is 0.118. The molecule has 2 N–H and O–H groups in total. The first-order valence-electron chi connectivity index (χ1n) is 6.81. The summed E-state index contributed by atoms with van der Waals surface area (Å²) in [6.07, 6.45) is 1.62. The maximum atomic E-state index is 5.98. The van der Waals surface area contributed by atoms with Crippen LogP contribution in [0.2, 0.25) is 5.28 Å². The number of hydrogen-bond donors (Lipinski definition) is 2. The summed E-state index contributed by atoms with van der Waals surface area (Å²) in [7, 11) is 0. The molecule has 8 heteroatoms. The van der Waals surface area contributed by atoms with Gasteiger partial charge in [-0.3, -0.25) is 0 Å². The van der Waals surface area contributed by atoms with Crippen molar-refractivity contribution >= 4 is 51.8 Å². The highest BCUT2D eigenvalue weighted by molar-refractivity contribution is 14.1. The molecule has 3 rings (SSSR count). The van der Waals surface area contributed by atoms with E-state index in [1.807, 2.05) is 31.2 Å². The summed E-state index contributed by atoms with van der Waals surface area (Å²) in [5.41, 5.74) is 2.02. The van der Waals surface area contributed by atoms with E-state index in [0.717, 1.165) is 17.0 Å². The van der Waals surface area contributed by atoms with Crippen molar-refractivity contribution in [2.45, 2.75) is 13.5 Å². The third kappa shape index (κ3) is 4.32. The summed E-state index contributed by atoms with van der Waals surface area (Å²) in [5.74, 6) is 1.55. The van der Waals surface area contributed by atoms with Gasteiger partial charge in [0.15, 0.2) is 0 Å². The Morgan fingerprint density at radius 3 is 2.74 bits per heavy atom. The lowest BCUT2D eigenvalue weighted by atomic mass is 10.2. The number of benzene rings is 1. The van der Waals surface area contributed by atoms with Crippen molar-refractivity contribution in [3.63, 3.8) is 0 Å². The summed E-state index contributed by atoms with van der Waals surface area (Å²) in [5, 5.41) is 6.33. The molecule has 0 unspecified atom stereocenters. The molecule has 0 aliphatic carbocycles. The van der Waals surface area contributed by atoms with E-state index >= 15 is 0 Å². The lowest BCUT2D eigenvalue weighted by Gasteiger charge is -2.10. The predicted molar refractivity (Wildman–Crippen MR) is 98.1 cm³/mol. The van der Waals surface area contributed by atoms with Crippen molar-refractivity contribution in [2.24, 2.45) is 0 Å². The highest BCUT2D eigenvalue weighted by Gasteiger charge is 2.07. The number of furan rings is 1. The van der Waals surface area contributed by atoms with E-state index < -0.39 is 0 Å². The van der Waals surface area contributed by atoms with Crippen LogP contribution in [0.4, 0.5) is 17.6 Å². The zero-order chi connectivity index (χ0) is 16.2. The average Bonchev–Trinajstić information content (AvgIpc) is 3.01. The van der Waals surface area contributed by atoms with Gasteiger partial charge in [0.05, 0.1) is 12.8 Å². The Balaban J connectivity index is 1.77. The van der Waals surface area contributed by atoms with Crippen LogP contribution >= 0.6 is 34.2 Å². The Morgan fingerprint density at radius 1 is 1.17 bits per heavy atom. The molecule has 23 heavy (non-hydrogen) atoms. The number of halogens is 2. The first-order valence-corrected chi connectivity index (χ1v) is 8.27. The molecule has 2 aromatic heterocycles. The molecule has 1 aromatic carbocycles. The molecule has 118 valence electrons. The maximum Gasteiger partial charge on any atom is 0.233 e. The van der Waals surface area contributed by atoms with E-state index in [4.69, 9.17) is 16.0 Å². The molecule has 0 saturated heterocycles. The molecule has 0 fully saturated rings. The largest absolute Gasteiger partial charge is 0.467 e. The first-order chi connectivity index (χ1) is 11.1. The molecular formula is C15H13ClIN5O. The molecule has 3 aromatic rings. The molecule has 0 spiro atoms. The Labute approximate surface area is 151 Å². The summed E-state index contributed by atoms with van der Waals surface area (Å²) in [6, 6.07) is 9.75. The number of nitrogens with one attached hydrogen (secondary N) is 2. The number of nitrogens with zero attached hydrogens (tertiary/aromatic N) is 3. The number of aryl methyl sites for hydroxylation is 1. The minimum absolute atomic E-state index is 0.118. The molecule has 0 bridgehead atoms. The fourth-order valence-electron chi connectivity index (χ4n) is 1.95. The SMILES string of the molecule is Cc1cc(I)ccc1Nc1nc(Cl)nc(NCc2ccco2)n1. The van der Waals surface area contributed by atoms with E-state index in [9.17, 15) is 0 Å². The van der Waals surface area contributed by atoms with Crippen LogP contribution in [0.3, 0.4) is 0 Å². The molecule has 0 saturated carbocycles. The molecule has 2 heterocycles. The third-order valence-corrected chi connectivity index (χ3v) is 3.88. The lowest BCUT2D eigenvalue weighted by Crippen LogP contribution is -2.07. The molecule has 6 nitrogen and oxygen atoms in total. The quantitative estimate of drug-likeness (QED) is 0.572. The van der Waals surface area contributed by atoms with Crippen molar-refractivity contribution in [2.75, 3.05) is 10.6 Å². The Kier molecular flexibility index (Phi) is 4.97. The maximum absolute atomic E-state index is 5.98. The number of hydrogen-bond acceptors (Lipinski definition) is 6. The average molecular weight is 442 g/mol. The molecule has 0 radical (unpaired) electrons. The van der Waals surface area contributed by atoms with Gasteiger partial charge in [0.2, 0.25) is 17.2 Å². The summed E-state index contributed by atoms with van der Waals surface area (Å²) in [4.78, 5) is 12.5. The second kappa shape index (κ2) is 7.14. The number of rotatable bonds is 5. The Hall–Kier alpha value is -1.87. The van der Waals surface area contributed by atoms with Gasteiger partial charge in [0.1, 0.15) is 5.76 Å². The smallest absolute Gasteiger partial charge is 0.233 e. The van der Waals surface area contributed by atoms with Gasteiger partial charge >= 0.3 is 0 Å². The van der Waals surface area contributed by atoms with Gasteiger partial charge < -0.3 is 15.1 Å². The van der Waals surface area contributed by atoms with Crippen LogP contribution in [0.15, 0.2) is 41.0 Å². The summed E-state index contributed by atoms with van der Waals surface area (Å²) >= 11 is 8.25.